The van der Waals surface area contributed by atoms with Crippen molar-refractivity contribution in [2.24, 2.45) is 0 Å². The Kier molecular flexibility index (Phi) is 3.75. The summed E-state index contributed by atoms with van der Waals surface area (Å²) in [5.41, 5.74) is 0.245. The summed E-state index contributed by atoms with van der Waals surface area (Å²) in [6, 6.07) is 2.69. The van der Waals surface area contributed by atoms with Crippen LogP contribution in [-0.2, 0) is 9.47 Å². The first kappa shape index (κ1) is 11.1. The van der Waals surface area contributed by atoms with Crippen molar-refractivity contribution in [3.63, 3.8) is 0 Å². The molecule has 0 aromatic carbocycles. The molecule has 0 saturated carbocycles. The number of pyridine rings is 1. The number of aliphatic hydroxyl groups is 1. The summed E-state index contributed by atoms with van der Waals surface area (Å²) in [6.45, 7) is -0.709. The van der Waals surface area contributed by atoms with E-state index in [1.54, 1.807) is 0 Å². The molecule has 15 heavy (non-hydrogen) atoms. The summed E-state index contributed by atoms with van der Waals surface area (Å²) in [6.07, 6.45) is 1.19. The minimum Gasteiger partial charge on any atom is -0.465 e. The lowest BCUT2D eigenvalue weighted by Gasteiger charge is -2.01. The van der Waals surface area contributed by atoms with Crippen LogP contribution in [0.25, 0.3) is 0 Å². The highest BCUT2D eigenvalue weighted by Crippen LogP contribution is 2.03. The van der Waals surface area contributed by atoms with Gasteiger partial charge < -0.3 is 14.6 Å². The van der Waals surface area contributed by atoms with E-state index < -0.39 is 18.7 Å². The first-order valence-electron chi connectivity index (χ1n) is 4.01. The van der Waals surface area contributed by atoms with Crippen molar-refractivity contribution < 1.29 is 24.2 Å². The average Bonchev–Trinajstić information content (AvgIpc) is 2.28. The molecule has 0 spiro atoms. The Labute approximate surface area is 85.5 Å². The SMILES string of the molecule is COC(=O)c1ccc(C(=O)OCO)nc1. The van der Waals surface area contributed by atoms with Crippen molar-refractivity contribution in [2.45, 2.75) is 0 Å². The maximum atomic E-state index is 11.0. The van der Waals surface area contributed by atoms with Crippen molar-refractivity contribution in [1.29, 1.82) is 0 Å². The number of carbonyl (C=O) groups is 2. The third kappa shape index (κ3) is 2.75. The molecule has 0 radical (unpaired) electrons. The molecule has 0 unspecified atom stereocenters. The maximum Gasteiger partial charge on any atom is 0.359 e. The van der Waals surface area contributed by atoms with Gasteiger partial charge in [-0.1, -0.05) is 0 Å². The number of carbonyl (C=O) groups excluding carboxylic acids is 2. The van der Waals surface area contributed by atoms with Gasteiger partial charge in [-0.05, 0) is 12.1 Å². The van der Waals surface area contributed by atoms with Crippen LogP contribution in [0.5, 0.6) is 0 Å². The quantitative estimate of drug-likeness (QED) is 0.558. The van der Waals surface area contributed by atoms with Crippen LogP contribution in [0.1, 0.15) is 20.8 Å². The standard InChI is InChI=1S/C9H9NO5/c1-14-8(12)6-2-3-7(10-4-6)9(13)15-5-11/h2-4,11H,5H2,1H3. The summed E-state index contributed by atoms with van der Waals surface area (Å²) in [7, 11) is 1.25. The van der Waals surface area contributed by atoms with Crippen molar-refractivity contribution in [3.8, 4) is 0 Å². The van der Waals surface area contributed by atoms with E-state index in [9.17, 15) is 9.59 Å². The van der Waals surface area contributed by atoms with Crippen LogP contribution in [0, 0.1) is 0 Å². The predicted molar refractivity (Wildman–Crippen MR) is 48.1 cm³/mol. The zero-order chi connectivity index (χ0) is 11.3. The molecule has 1 aromatic rings. The second-order valence-electron chi connectivity index (χ2n) is 2.48. The summed E-state index contributed by atoms with van der Waals surface area (Å²) in [5.74, 6) is -1.29. The lowest BCUT2D eigenvalue weighted by atomic mass is 10.2. The minimum atomic E-state index is -0.756. The third-order valence-electron chi connectivity index (χ3n) is 1.59. The van der Waals surface area contributed by atoms with Crippen LogP contribution >= 0.6 is 0 Å². The van der Waals surface area contributed by atoms with Crippen molar-refractivity contribution >= 4 is 11.9 Å². The molecule has 1 aromatic heterocycles. The molecular formula is C9H9NO5. The van der Waals surface area contributed by atoms with Gasteiger partial charge in [0.1, 0.15) is 5.69 Å². The molecule has 0 aliphatic heterocycles. The summed E-state index contributed by atoms with van der Waals surface area (Å²) >= 11 is 0. The number of rotatable bonds is 3. The first-order chi connectivity index (χ1) is 7.19. The molecule has 6 nitrogen and oxygen atoms in total. The van der Waals surface area contributed by atoms with Gasteiger partial charge in [0.2, 0.25) is 0 Å². The van der Waals surface area contributed by atoms with Gasteiger partial charge in [0, 0.05) is 6.20 Å². The van der Waals surface area contributed by atoms with Gasteiger partial charge in [0.15, 0.2) is 6.79 Å². The van der Waals surface area contributed by atoms with Gasteiger partial charge in [-0.15, -0.1) is 0 Å². The molecule has 0 fully saturated rings. The van der Waals surface area contributed by atoms with E-state index in [0.29, 0.717) is 0 Å². The largest absolute Gasteiger partial charge is 0.465 e. The number of aromatic nitrogens is 1. The zero-order valence-electron chi connectivity index (χ0n) is 7.97. The predicted octanol–water partition coefficient (Wildman–Crippen LogP) is -0.0252. The number of methoxy groups -OCH3 is 1. The number of aliphatic hydroxyl groups excluding tert-OH is 1. The Bertz CT molecular complexity index is 359. The van der Waals surface area contributed by atoms with Crippen LogP contribution < -0.4 is 0 Å². The van der Waals surface area contributed by atoms with Crippen molar-refractivity contribution in [3.05, 3.63) is 29.6 Å². The average molecular weight is 211 g/mol. The Hall–Kier alpha value is -1.95. The van der Waals surface area contributed by atoms with Crippen molar-refractivity contribution in [2.75, 3.05) is 13.9 Å². The van der Waals surface area contributed by atoms with E-state index in [4.69, 9.17) is 5.11 Å². The highest BCUT2D eigenvalue weighted by Gasteiger charge is 2.10. The topological polar surface area (TPSA) is 85.7 Å². The fourth-order valence-corrected chi connectivity index (χ4v) is 0.886. The van der Waals surface area contributed by atoms with Gasteiger partial charge in [-0.3, -0.25) is 0 Å². The second-order valence-corrected chi connectivity index (χ2v) is 2.48. The van der Waals surface area contributed by atoms with Crippen LogP contribution in [-0.4, -0.2) is 35.9 Å². The van der Waals surface area contributed by atoms with Crippen LogP contribution in [0.4, 0.5) is 0 Å². The molecule has 0 amide bonds. The Balaban J connectivity index is 2.80. The highest BCUT2D eigenvalue weighted by molar-refractivity contribution is 5.91. The number of ether oxygens (including phenoxy) is 2. The van der Waals surface area contributed by atoms with Crippen LogP contribution in [0.15, 0.2) is 18.3 Å². The Morgan fingerprint density at radius 2 is 2.13 bits per heavy atom. The van der Waals surface area contributed by atoms with Gasteiger partial charge in [-0.2, -0.15) is 0 Å². The van der Waals surface area contributed by atoms with E-state index in [1.165, 1.54) is 25.4 Å². The molecule has 0 atom stereocenters. The highest BCUT2D eigenvalue weighted by atomic mass is 16.6. The number of hydrogen-bond acceptors (Lipinski definition) is 6. The molecule has 80 valence electrons. The molecule has 6 heteroatoms. The summed E-state index contributed by atoms with van der Waals surface area (Å²) in [5, 5.41) is 8.33. The fraction of sp³-hybridized carbons (Fsp3) is 0.222. The van der Waals surface area contributed by atoms with Gasteiger partial charge in [-0.25, -0.2) is 14.6 Å². The lowest BCUT2D eigenvalue weighted by molar-refractivity contribution is 0.00619. The minimum absolute atomic E-state index is 0.0108. The fourth-order valence-electron chi connectivity index (χ4n) is 0.886. The molecule has 1 N–H and O–H groups in total. The monoisotopic (exact) mass is 211 g/mol. The Morgan fingerprint density at radius 3 is 2.60 bits per heavy atom. The van der Waals surface area contributed by atoms with E-state index in [2.05, 4.69) is 14.5 Å². The zero-order valence-corrected chi connectivity index (χ0v) is 7.97. The molecule has 0 aliphatic rings. The molecular weight excluding hydrogens is 202 g/mol. The smallest absolute Gasteiger partial charge is 0.359 e. The van der Waals surface area contributed by atoms with Gasteiger partial charge >= 0.3 is 11.9 Å². The summed E-state index contributed by atoms with van der Waals surface area (Å²) in [4.78, 5) is 25.7. The van der Waals surface area contributed by atoms with Crippen LogP contribution in [0.3, 0.4) is 0 Å². The van der Waals surface area contributed by atoms with E-state index >= 15 is 0 Å². The normalized spacial score (nSPS) is 9.47. The van der Waals surface area contributed by atoms with E-state index in [1.807, 2.05) is 0 Å². The number of hydrogen-bond donors (Lipinski definition) is 1. The number of esters is 2. The molecule has 1 heterocycles. The first-order valence-corrected chi connectivity index (χ1v) is 4.01. The molecule has 1 rings (SSSR count). The van der Waals surface area contributed by atoms with E-state index in [-0.39, 0.29) is 11.3 Å². The molecule has 0 aliphatic carbocycles. The second kappa shape index (κ2) is 5.06. The third-order valence-corrected chi connectivity index (χ3v) is 1.59. The number of nitrogens with zero attached hydrogens (tertiary/aromatic N) is 1. The van der Waals surface area contributed by atoms with Crippen molar-refractivity contribution in [1.82, 2.24) is 4.98 Å². The summed E-state index contributed by atoms with van der Waals surface area (Å²) < 4.78 is 8.74. The maximum absolute atomic E-state index is 11.0. The Morgan fingerprint density at radius 1 is 1.40 bits per heavy atom. The van der Waals surface area contributed by atoms with E-state index in [0.717, 1.165) is 0 Å². The van der Waals surface area contributed by atoms with Gasteiger partial charge in [0.25, 0.3) is 0 Å². The molecule has 0 saturated heterocycles. The van der Waals surface area contributed by atoms with Crippen LogP contribution in [0.2, 0.25) is 0 Å². The lowest BCUT2D eigenvalue weighted by Crippen LogP contribution is -2.09. The van der Waals surface area contributed by atoms with Gasteiger partial charge in [0.05, 0.1) is 12.7 Å². The molecule has 0 bridgehead atoms.